The molecule has 0 radical (unpaired) electrons. The molecule has 0 unspecified atom stereocenters. The highest BCUT2D eigenvalue weighted by atomic mass is 32.1. The molecule has 2 aliphatic heterocycles. The highest BCUT2D eigenvalue weighted by Gasteiger charge is 2.46. The molecule has 4 nitrogen and oxygen atoms in total. The Morgan fingerprint density at radius 3 is 2.00 bits per heavy atom. The van der Waals surface area contributed by atoms with E-state index in [1.807, 2.05) is 11.3 Å². The molecule has 6 heteroatoms. The highest BCUT2D eigenvalue weighted by Crippen LogP contribution is 2.54. The predicted molar refractivity (Wildman–Crippen MR) is 354 cm³/mol. The van der Waals surface area contributed by atoms with Gasteiger partial charge in [-0.3, -0.25) is 0 Å². The van der Waals surface area contributed by atoms with Crippen molar-refractivity contribution in [1.29, 1.82) is 0 Å². The SMILES string of the molecule is CC(C)(C)c1ccc2sc3c(c2c1)N(c1ccc2c(c1)C(C)(C)CCC2(C)C)c1cc(N(c2ccc4ccccc4c2)c2cccc4ccccc24)cc2c1B3c1cccc3c4ccc5c(c6ccccc6n5-c5ccccc5)c4n-2c13. The van der Waals surface area contributed by atoms with Crippen LogP contribution in [0.4, 0.5) is 34.1 Å². The van der Waals surface area contributed by atoms with Gasteiger partial charge in [0.2, 0.25) is 0 Å². The van der Waals surface area contributed by atoms with E-state index in [-0.39, 0.29) is 23.0 Å². The topological polar surface area (TPSA) is 16.3 Å². The zero-order chi connectivity index (χ0) is 55.1. The fraction of sp³-hybridized carbons (Fsp3) is 0.158. The van der Waals surface area contributed by atoms with Crippen LogP contribution in [-0.2, 0) is 16.2 Å². The Morgan fingerprint density at radius 1 is 0.476 bits per heavy atom. The Kier molecular flexibility index (Phi) is 9.86. The summed E-state index contributed by atoms with van der Waals surface area (Å²) in [6.45, 7) is 16.9. The second-order valence-corrected chi connectivity index (χ2v) is 27.0. The van der Waals surface area contributed by atoms with Gasteiger partial charge < -0.3 is 18.9 Å². The van der Waals surface area contributed by atoms with E-state index >= 15 is 0 Å². The van der Waals surface area contributed by atoms with Crippen LogP contribution >= 0.6 is 11.3 Å². The number of nitrogens with zero attached hydrogens (tertiary/aromatic N) is 4. The summed E-state index contributed by atoms with van der Waals surface area (Å²) in [6, 6.07) is 83.6. The molecule has 1 aliphatic carbocycles. The van der Waals surface area contributed by atoms with Crippen molar-refractivity contribution in [2.45, 2.75) is 77.6 Å². The van der Waals surface area contributed by atoms with Crippen LogP contribution in [0.1, 0.15) is 78.0 Å². The molecule has 5 heterocycles. The summed E-state index contributed by atoms with van der Waals surface area (Å²) in [6.07, 6.45) is 2.30. The van der Waals surface area contributed by atoms with E-state index in [1.165, 1.54) is 130 Å². The number of para-hydroxylation sites is 3. The zero-order valence-corrected chi connectivity index (χ0v) is 48.3. The number of anilines is 6. The van der Waals surface area contributed by atoms with Gasteiger partial charge in [-0.25, -0.2) is 0 Å². The van der Waals surface area contributed by atoms with Gasteiger partial charge in [-0.05, 0) is 152 Å². The van der Waals surface area contributed by atoms with Crippen molar-refractivity contribution < 1.29 is 0 Å². The predicted octanol–water partition coefficient (Wildman–Crippen LogP) is 19.1. The molecule has 11 aromatic carbocycles. The number of aromatic nitrogens is 2. The number of rotatable bonds is 5. The quantitative estimate of drug-likeness (QED) is 0.160. The second-order valence-electron chi connectivity index (χ2n) is 25.9. The van der Waals surface area contributed by atoms with Crippen LogP contribution < -0.4 is 25.5 Å². The summed E-state index contributed by atoms with van der Waals surface area (Å²) in [7, 11) is 0. The van der Waals surface area contributed by atoms with Crippen LogP contribution in [0.3, 0.4) is 0 Å². The van der Waals surface area contributed by atoms with Crippen LogP contribution in [0.25, 0.3) is 86.6 Å². The third-order valence-corrected chi connectivity index (χ3v) is 20.4. The number of fused-ring (bicyclic) bond motifs is 16. The van der Waals surface area contributed by atoms with E-state index in [9.17, 15) is 0 Å². The largest absolute Gasteiger partial charge is 0.310 e. The van der Waals surface area contributed by atoms with Gasteiger partial charge in [-0.2, -0.15) is 0 Å². The zero-order valence-electron chi connectivity index (χ0n) is 47.5. The van der Waals surface area contributed by atoms with E-state index in [0.717, 1.165) is 35.6 Å². The summed E-state index contributed by atoms with van der Waals surface area (Å²) < 4.78 is 7.91. The maximum absolute atomic E-state index is 2.73. The third kappa shape index (κ3) is 6.67. The van der Waals surface area contributed by atoms with Gasteiger partial charge in [0.25, 0.3) is 6.71 Å². The molecule has 0 amide bonds. The lowest BCUT2D eigenvalue weighted by atomic mass is 9.36. The van der Waals surface area contributed by atoms with Gasteiger partial charge >= 0.3 is 0 Å². The lowest BCUT2D eigenvalue weighted by Gasteiger charge is -2.44. The summed E-state index contributed by atoms with van der Waals surface area (Å²) in [5, 5.41) is 11.2. The molecule has 3 aromatic heterocycles. The van der Waals surface area contributed by atoms with Crippen molar-refractivity contribution in [3.63, 3.8) is 0 Å². The molecule has 0 N–H and O–H groups in total. The van der Waals surface area contributed by atoms with E-state index in [2.05, 4.69) is 286 Å². The minimum Gasteiger partial charge on any atom is -0.310 e. The van der Waals surface area contributed by atoms with E-state index in [4.69, 9.17) is 0 Å². The molecule has 14 aromatic rings. The van der Waals surface area contributed by atoms with Crippen molar-refractivity contribution in [3.05, 3.63) is 235 Å². The molecule has 0 spiro atoms. The molecule has 82 heavy (non-hydrogen) atoms. The Bertz CT molecular complexity index is 5060. The van der Waals surface area contributed by atoms with Gasteiger partial charge in [-0.1, -0.05) is 188 Å². The van der Waals surface area contributed by atoms with Crippen LogP contribution in [-0.4, -0.2) is 15.8 Å². The summed E-state index contributed by atoms with van der Waals surface area (Å²) in [5.74, 6) is 0. The van der Waals surface area contributed by atoms with E-state index in [1.54, 1.807) is 0 Å². The third-order valence-electron chi connectivity index (χ3n) is 19.2. The van der Waals surface area contributed by atoms with E-state index < -0.39 is 0 Å². The molecule has 0 atom stereocenters. The molecule has 0 saturated carbocycles. The average Bonchev–Trinajstić information content (AvgIpc) is 1.76. The Hall–Kier alpha value is -8.84. The fourth-order valence-corrected chi connectivity index (χ4v) is 16.3. The molecule has 3 aliphatic rings. The molecule has 17 rings (SSSR count). The normalized spacial score (nSPS) is 15.1. The fourth-order valence-electron chi connectivity index (χ4n) is 15.0. The minimum absolute atomic E-state index is 0.000434. The lowest BCUT2D eigenvalue weighted by Crippen LogP contribution is -2.59. The maximum atomic E-state index is 2.73. The molecular weight excluding hydrogens is 1010 g/mol. The first kappa shape index (κ1) is 47.9. The maximum Gasteiger partial charge on any atom is 0.264 e. The van der Waals surface area contributed by atoms with Gasteiger partial charge in [0, 0.05) is 75.7 Å². The Balaban J connectivity index is 1.07. The van der Waals surface area contributed by atoms with Crippen LogP contribution in [0.5, 0.6) is 0 Å². The highest BCUT2D eigenvalue weighted by molar-refractivity contribution is 7.33. The van der Waals surface area contributed by atoms with Crippen LogP contribution in [0, 0.1) is 0 Å². The van der Waals surface area contributed by atoms with E-state index in [0.29, 0.717) is 0 Å². The monoisotopic (exact) mass is 1070 g/mol. The Morgan fingerprint density at radius 2 is 1.17 bits per heavy atom. The molecular formula is C76H61BN4S. The minimum atomic E-state index is -0.0483. The van der Waals surface area contributed by atoms with Crippen LogP contribution in [0.15, 0.2) is 218 Å². The standard InChI is InChI=1S/C76H61BN4S/c1-74(2,3)49-32-38-67-58(42-49)72-73(82-67)77-61-28-18-27-55-56-35-37-64-68(57-26-15-16-29-63(57)79(64)50-23-9-8-10-24-50)71(56)81(70(55)61)66-45-53(44-65(69(66)77)80(72)52-34-36-59-60(43-52)76(6,7)40-39-75(59,4)5)78(51-33-31-46-19-11-12-21-48(46)41-51)62-30-17-22-47-20-13-14-25-54(47)62/h8-38,41-45H,39-40H2,1-7H3. The van der Waals surface area contributed by atoms with Crippen molar-refractivity contribution >= 4 is 143 Å². The molecule has 394 valence electrons. The number of hydrogen-bond donors (Lipinski definition) is 0. The van der Waals surface area contributed by atoms with Gasteiger partial charge in [-0.15, -0.1) is 11.3 Å². The average molecular weight is 1070 g/mol. The number of thiophene rings is 1. The number of benzene rings is 11. The van der Waals surface area contributed by atoms with Gasteiger partial charge in [0.15, 0.2) is 0 Å². The van der Waals surface area contributed by atoms with Gasteiger partial charge in [0.05, 0.1) is 33.6 Å². The summed E-state index contributed by atoms with van der Waals surface area (Å²) >= 11 is 2.00. The molecule has 0 bridgehead atoms. The van der Waals surface area contributed by atoms with Gasteiger partial charge in [0.1, 0.15) is 0 Å². The first-order valence-electron chi connectivity index (χ1n) is 29.3. The number of hydrogen-bond acceptors (Lipinski definition) is 3. The molecule has 0 fully saturated rings. The summed E-state index contributed by atoms with van der Waals surface area (Å²) in [4.78, 5) is 5.29. The van der Waals surface area contributed by atoms with Crippen LogP contribution in [0.2, 0.25) is 0 Å². The van der Waals surface area contributed by atoms with Crippen molar-refractivity contribution in [3.8, 4) is 11.4 Å². The van der Waals surface area contributed by atoms with Crippen molar-refractivity contribution in [1.82, 2.24) is 9.13 Å². The first-order chi connectivity index (χ1) is 39.8. The second kappa shape index (κ2) is 16.9. The smallest absolute Gasteiger partial charge is 0.264 e. The Labute approximate surface area is 483 Å². The lowest BCUT2D eigenvalue weighted by molar-refractivity contribution is 0.332. The van der Waals surface area contributed by atoms with Crippen molar-refractivity contribution in [2.75, 3.05) is 9.80 Å². The van der Waals surface area contributed by atoms with Crippen molar-refractivity contribution in [2.24, 2.45) is 0 Å². The summed E-state index contributed by atoms with van der Waals surface area (Å²) in [5.41, 5.74) is 21.4. The first-order valence-corrected chi connectivity index (χ1v) is 30.1. The molecule has 0 saturated heterocycles.